The number of aromatic nitrogens is 1. The molecule has 0 amide bonds. The largest absolute Gasteiger partial charge is 0.492 e. The molecular weight excluding hydrogens is 506 g/mol. The maximum atomic E-state index is 15.4. The molecule has 3 heterocycles. The number of methoxy groups -OCH3 is 1. The smallest absolute Gasteiger partial charge is 0.490 e. The molecule has 1 aromatic heterocycles. The van der Waals surface area contributed by atoms with E-state index in [0.717, 1.165) is 25.3 Å². The first kappa shape index (κ1) is 26.7. The second-order valence-corrected chi connectivity index (χ2v) is 9.24. The van der Waals surface area contributed by atoms with Gasteiger partial charge in [-0.2, -0.15) is 13.2 Å². The van der Waals surface area contributed by atoms with Gasteiger partial charge in [-0.1, -0.05) is 0 Å². The molecular formula is C23H25F4N3O7. The van der Waals surface area contributed by atoms with Gasteiger partial charge in [0.1, 0.15) is 16.9 Å². The number of pyridine rings is 1. The number of hydrogen-bond donors (Lipinski definition) is 3. The highest BCUT2D eigenvalue weighted by Gasteiger charge is 2.51. The number of aliphatic carboxylic acids is 1. The van der Waals surface area contributed by atoms with E-state index in [2.05, 4.69) is 0 Å². The molecule has 3 aliphatic rings. The zero-order chi connectivity index (χ0) is 27.3. The van der Waals surface area contributed by atoms with E-state index in [9.17, 15) is 27.9 Å². The van der Waals surface area contributed by atoms with Crippen LogP contribution in [0.2, 0.25) is 0 Å². The van der Waals surface area contributed by atoms with Gasteiger partial charge in [0.2, 0.25) is 5.43 Å². The fourth-order valence-electron chi connectivity index (χ4n) is 5.06. The van der Waals surface area contributed by atoms with Crippen LogP contribution in [0.15, 0.2) is 17.1 Å². The maximum absolute atomic E-state index is 15.4. The Morgan fingerprint density at radius 2 is 1.92 bits per heavy atom. The van der Waals surface area contributed by atoms with Crippen molar-refractivity contribution in [3.8, 4) is 5.75 Å². The number of alkyl halides is 3. The summed E-state index contributed by atoms with van der Waals surface area (Å²) in [6.07, 6.45) is -1.14. The number of fused-ring (bicyclic) bond motifs is 2. The van der Waals surface area contributed by atoms with Crippen molar-refractivity contribution in [3.05, 3.63) is 33.9 Å². The molecule has 4 N–H and O–H groups in total. The van der Waals surface area contributed by atoms with Gasteiger partial charge in [-0.15, -0.1) is 0 Å². The minimum Gasteiger partial charge on any atom is -0.492 e. The predicted octanol–water partition coefficient (Wildman–Crippen LogP) is 2.37. The first-order valence-electron chi connectivity index (χ1n) is 11.4. The lowest BCUT2D eigenvalue weighted by atomic mass is 9.91. The molecule has 1 aliphatic carbocycles. The number of carboxylic acids is 2. The highest BCUT2D eigenvalue weighted by Crippen LogP contribution is 2.47. The molecule has 202 valence electrons. The zero-order valence-electron chi connectivity index (χ0n) is 19.7. The first-order valence-corrected chi connectivity index (χ1v) is 11.4. The van der Waals surface area contributed by atoms with Gasteiger partial charge in [-0.25, -0.2) is 14.0 Å². The van der Waals surface area contributed by atoms with Gasteiger partial charge >= 0.3 is 18.1 Å². The molecule has 0 radical (unpaired) electrons. The third-order valence-corrected chi connectivity index (χ3v) is 6.98. The summed E-state index contributed by atoms with van der Waals surface area (Å²) < 4.78 is 60.5. The molecule has 2 atom stereocenters. The molecule has 5 rings (SSSR count). The number of ether oxygens (including phenoxy) is 2. The highest BCUT2D eigenvalue weighted by atomic mass is 19.4. The number of anilines is 1. The summed E-state index contributed by atoms with van der Waals surface area (Å²) >= 11 is 0. The average Bonchev–Trinajstić information content (AvgIpc) is 3.49. The van der Waals surface area contributed by atoms with Crippen LogP contribution in [0.5, 0.6) is 5.75 Å². The minimum atomic E-state index is -5.08. The Morgan fingerprint density at radius 3 is 2.41 bits per heavy atom. The van der Waals surface area contributed by atoms with Gasteiger partial charge in [0.05, 0.1) is 18.0 Å². The van der Waals surface area contributed by atoms with E-state index in [-0.39, 0.29) is 34.3 Å². The third-order valence-electron chi connectivity index (χ3n) is 6.98. The number of carboxylic acid groups (broad SMARTS) is 2. The van der Waals surface area contributed by atoms with E-state index in [4.69, 9.17) is 25.1 Å². The Kier molecular flexibility index (Phi) is 6.84. The normalized spacial score (nSPS) is 23.0. The van der Waals surface area contributed by atoms with Crippen molar-refractivity contribution in [2.75, 3.05) is 38.3 Å². The molecule has 0 bridgehead atoms. The summed E-state index contributed by atoms with van der Waals surface area (Å²) in [6, 6.07) is 1.21. The van der Waals surface area contributed by atoms with Crippen LogP contribution in [-0.2, 0) is 9.53 Å². The Bertz CT molecular complexity index is 1310. The number of aromatic carboxylic acids is 1. The topological polar surface area (TPSA) is 144 Å². The van der Waals surface area contributed by atoms with Crippen LogP contribution in [0.25, 0.3) is 10.9 Å². The maximum Gasteiger partial charge on any atom is 0.490 e. The monoisotopic (exact) mass is 531 g/mol. The van der Waals surface area contributed by atoms with Gasteiger partial charge in [0, 0.05) is 44.4 Å². The number of nitrogens with zero attached hydrogens (tertiary/aromatic N) is 2. The van der Waals surface area contributed by atoms with Crippen LogP contribution in [0.1, 0.15) is 35.7 Å². The molecule has 1 aromatic carbocycles. The third kappa shape index (κ3) is 4.70. The van der Waals surface area contributed by atoms with E-state index in [0.29, 0.717) is 31.8 Å². The first-order chi connectivity index (χ1) is 17.3. The van der Waals surface area contributed by atoms with Crippen LogP contribution >= 0.6 is 0 Å². The second kappa shape index (κ2) is 9.49. The van der Waals surface area contributed by atoms with Gasteiger partial charge in [-0.05, 0) is 25.3 Å². The standard InChI is InChI=1S/C21H24FN3O5.C2HF3O2/c1-29-19-16-13(18(26)14(20(27)28)8-25(16)12-2-3-12)6-15(22)17(19)24-7-11-4-5-30-21(11,9-23)10-24;3-2(4,5)1(6)7/h6,8,11-12H,2-5,7,9-10,23H2,1H3,(H,27,28);(H,6,7). The molecule has 37 heavy (non-hydrogen) atoms. The van der Waals surface area contributed by atoms with E-state index >= 15 is 4.39 Å². The number of benzene rings is 1. The Labute approximate surface area is 207 Å². The number of hydrogen-bond acceptors (Lipinski definition) is 7. The molecule has 2 unspecified atom stereocenters. The van der Waals surface area contributed by atoms with Gasteiger partial charge in [-0.3, -0.25) is 4.79 Å². The van der Waals surface area contributed by atoms with Crippen LogP contribution < -0.4 is 20.8 Å². The van der Waals surface area contributed by atoms with E-state index < -0.39 is 35.0 Å². The lowest BCUT2D eigenvalue weighted by Crippen LogP contribution is -2.44. The zero-order valence-corrected chi connectivity index (χ0v) is 19.7. The van der Waals surface area contributed by atoms with Crippen molar-refractivity contribution in [2.24, 2.45) is 11.7 Å². The van der Waals surface area contributed by atoms with Gasteiger partial charge in [0.15, 0.2) is 11.6 Å². The van der Waals surface area contributed by atoms with E-state index in [1.807, 2.05) is 4.90 Å². The fraction of sp³-hybridized carbons (Fsp3) is 0.522. The lowest BCUT2D eigenvalue weighted by Gasteiger charge is -2.28. The van der Waals surface area contributed by atoms with Crippen LogP contribution in [0, 0.1) is 11.7 Å². The fourth-order valence-corrected chi connectivity index (χ4v) is 5.06. The SMILES string of the molecule is COc1c(N2CC3CCOC3(CN)C2)c(F)cc2c(=O)c(C(=O)O)cn(C3CC3)c12.O=C(O)C(F)(F)F. The van der Waals surface area contributed by atoms with Crippen LogP contribution in [0.3, 0.4) is 0 Å². The predicted molar refractivity (Wildman–Crippen MR) is 122 cm³/mol. The Balaban J connectivity index is 0.000000405. The van der Waals surface area contributed by atoms with Crippen molar-refractivity contribution in [2.45, 2.75) is 37.1 Å². The molecule has 2 aliphatic heterocycles. The van der Waals surface area contributed by atoms with Crippen molar-refractivity contribution >= 4 is 28.5 Å². The lowest BCUT2D eigenvalue weighted by molar-refractivity contribution is -0.192. The summed E-state index contributed by atoms with van der Waals surface area (Å²) in [5, 5.41) is 16.6. The van der Waals surface area contributed by atoms with Crippen molar-refractivity contribution < 1.29 is 46.8 Å². The van der Waals surface area contributed by atoms with E-state index in [1.54, 1.807) is 4.57 Å². The number of rotatable bonds is 5. The minimum absolute atomic E-state index is 0.0177. The average molecular weight is 531 g/mol. The summed E-state index contributed by atoms with van der Waals surface area (Å²) in [6.45, 7) is 2.01. The van der Waals surface area contributed by atoms with Gasteiger partial charge < -0.3 is 34.9 Å². The molecule has 10 nitrogen and oxygen atoms in total. The molecule has 3 fully saturated rings. The summed E-state index contributed by atoms with van der Waals surface area (Å²) in [4.78, 5) is 35.2. The number of carbonyl (C=O) groups is 2. The molecule has 1 saturated carbocycles. The Hall–Kier alpha value is -3.39. The highest BCUT2D eigenvalue weighted by molar-refractivity contribution is 5.97. The Morgan fingerprint density at radius 1 is 1.27 bits per heavy atom. The second-order valence-electron chi connectivity index (χ2n) is 9.24. The molecule has 2 aromatic rings. The molecule has 14 heteroatoms. The molecule has 0 spiro atoms. The van der Waals surface area contributed by atoms with Crippen LogP contribution in [0.4, 0.5) is 23.2 Å². The van der Waals surface area contributed by atoms with Crippen LogP contribution in [-0.4, -0.2) is 71.8 Å². The molecule has 2 saturated heterocycles. The quantitative estimate of drug-likeness (QED) is 0.495. The summed E-state index contributed by atoms with van der Waals surface area (Å²) in [5.74, 6) is -4.25. The number of halogens is 4. The summed E-state index contributed by atoms with van der Waals surface area (Å²) in [7, 11) is 1.44. The van der Waals surface area contributed by atoms with E-state index in [1.165, 1.54) is 13.3 Å². The van der Waals surface area contributed by atoms with Crippen molar-refractivity contribution in [3.63, 3.8) is 0 Å². The van der Waals surface area contributed by atoms with Crippen molar-refractivity contribution in [1.82, 2.24) is 4.57 Å². The van der Waals surface area contributed by atoms with Crippen molar-refractivity contribution in [1.29, 1.82) is 0 Å². The number of nitrogens with two attached hydrogens (primary N) is 1. The summed E-state index contributed by atoms with van der Waals surface area (Å²) in [5.41, 5.74) is 5.14. The van der Waals surface area contributed by atoms with Gasteiger partial charge in [0.25, 0.3) is 0 Å².